The molecule has 1 amide bonds. The highest BCUT2D eigenvalue weighted by Gasteiger charge is 2.16. The number of carbonyl (C=O) groups excluding carboxylic acids is 1. The Balaban J connectivity index is 0.00000385. The number of ether oxygens (including phenoxy) is 1. The Labute approximate surface area is 214 Å². The molecule has 3 N–H and O–H groups in total. The summed E-state index contributed by atoms with van der Waals surface area (Å²) in [5.74, 6) is 2.23. The van der Waals surface area contributed by atoms with Crippen LogP contribution in [-0.4, -0.2) is 51.7 Å². The second-order valence-electron chi connectivity index (χ2n) is 8.02. The smallest absolute Gasteiger partial charge is 0.239 e. The van der Waals surface area contributed by atoms with Crippen molar-refractivity contribution in [1.82, 2.24) is 16.0 Å². The molecule has 33 heavy (non-hydrogen) atoms. The fraction of sp³-hybridized carbons (Fsp3) is 0.440. The van der Waals surface area contributed by atoms with Gasteiger partial charge in [-0.05, 0) is 54.7 Å². The van der Waals surface area contributed by atoms with E-state index in [1.165, 1.54) is 5.56 Å². The summed E-state index contributed by atoms with van der Waals surface area (Å²) in [7, 11) is 1.69. The highest BCUT2D eigenvalue weighted by molar-refractivity contribution is 14.0. The van der Waals surface area contributed by atoms with Gasteiger partial charge >= 0.3 is 0 Å². The Bertz CT molecular complexity index is 887. The van der Waals surface area contributed by atoms with Crippen LogP contribution in [0.2, 0.25) is 0 Å². The van der Waals surface area contributed by atoms with Gasteiger partial charge < -0.3 is 25.6 Å². The number of rotatable bonds is 9. The van der Waals surface area contributed by atoms with Crippen LogP contribution in [0.3, 0.4) is 0 Å². The number of nitrogens with zero attached hydrogens (tertiary/aromatic N) is 2. The first kappa shape index (κ1) is 26.8. The molecule has 3 rings (SSSR count). The van der Waals surface area contributed by atoms with E-state index in [4.69, 9.17) is 9.73 Å². The van der Waals surface area contributed by atoms with E-state index in [1.807, 2.05) is 12.1 Å². The Morgan fingerprint density at radius 2 is 1.88 bits per heavy atom. The van der Waals surface area contributed by atoms with Gasteiger partial charge in [0.15, 0.2) is 5.96 Å². The molecule has 8 heteroatoms. The van der Waals surface area contributed by atoms with E-state index in [-0.39, 0.29) is 29.9 Å². The lowest BCUT2D eigenvalue weighted by molar-refractivity contribution is -0.120. The van der Waals surface area contributed by atoms with Gasteiger partial charge in [0.2, 0.25) is 5.91 Å². The van der Waals surface area contributed by atoms with Gasteiger partial charge in [0.25, 0.3) is 0 Å². The second kappa shape index (κ2) is 13.9. The predicted molar refractivity (Wildman–Crippen MR) is 146 cm³/mol. The minimum Gasteiger partial charge on any atom is -0.497 e. The maximum Gasteiger partial charge on any atom is 0.239 e. The lowest BCUT2D eigenvalue weighted by Gasteiger charge is -2.28. The first-order valence-corrected chi connectivity index (χ1v) is 11.4. The maximum absolute atomic E-state index is 11.6. The van der Waals surface area contributed by atoms with Crippen LogP contribution in [-0.2, 0) is 11.3 Å². The van der Waals surface area contributed by atoms with E-state index in [0.29, 0.717) is 25.6 Å². The number of hydrogen-bond acceptors (Lipinski definition) is 4. The SMILES string of the molecule is CCNC(=NCc1ccc(N2CCNC(=O)C2)cc1)NCCC(C)c1ccc(OC)cc1.I. The minimum absolute atomic E-state index is 0. The maximum atomic E-state index is 11.6. The average Bonchev–Trinajstić information content (AvgIpc) is 2.83. The van der Waals surface area contributed by atoms with Gasteiger partial charge in [-0.3, -0.25) is 4.79 Å². The van der Waals surface area contributed by atoms with Crippen molar-refractivity contribution in [3.05, 3.63) is 59.7 Å². The molecule has 0 radical (unpaired) electrons. The molecular formula is C25H36IN5O2. The van der Waals surface area contributed by atoms with E-state index in [2.05, 4.69) is 71.1 Å². The Kier molecular flexibility index (Phi) is 11.3. The number of anilines is 1. The molecule has 0 bridgehead atoms. The normalized spacial score (nSPS) is 14.7. The van der Waals surface area contributed by atoms with Crippen molar-refractivity contribution in [2.24, 2.45) is 4.99 Å². The molecule has 1 unspecified atom stereocenters. The standard InChI is InChI=1S/C25H35N5O2.HI/c1-4-26-25(28-14-13-19(2)21-7-11-23(32-3)12-8-21)29-17-20-5-9-22(10-6-20)30-16-15-27-24(31)18-30;/h5-12,19H,4,13-18H2,1-3H3,(H,27,31)(H2,26,28,29);1H. The van der Waals surface area contributed by atoms with Crippen LogP contribution in [0.25, 0.3) is 0 Å². The van der Waals surface area contributed by atoms with Crippen molar-refractivity contribution in [1.29, 1.82) is 0 Å². The van der Waals surface area contributed by atoms with E-state index in [0.717, 1.165) is 49.0 Å². The number of nitrogens with one attached hydrogen (secondary N) is 3. The van der Waals surface area contributed by atoms with E-state index < -0.39 is 0 Å². The number of hydrogen-bond donors (Lipinski definition) is 3. The number of piperazine rings is 1. The zero-order chi connectivity index (χ0) is 22.8. The van der Waals surface area contributed by atoms with Crippen LogP contribution < -0.4 is 25.6 Å². The number of guanidine groups is 1. The molecule has 0 aromatic heterocycles. The molecular weight excluding hydrogens is 529 g/mol. The first-order chi connectivity index (χ1) is 15.6. The molecule has 7 nitrogen and oxygen atoms in total. The second-order valence-corrected chi connectivity index (χ2v) is 8.02. The fourth-order valence-electron chi connectivity index (χ4n) is 3.69. The third kappa shape index (κ3) is 8.42. The van der Waals surface area contributed by atoms with Crippen LogP contribution in [0.4, 0.5) is 5.69 Å². The van der Waals surface area contributed by atoms with Gasteiger partial charge in [0.1, 0.15) is 5.75 Å². The number of aliphatic imine (C=N–C) groups is 1. The van der Waals surface area contributed by atoms with Crippen molar-refractivity contribution >= 4 is 41.5 Å². The molecule has 1 aliphatic rings. The van der Waals surface area contributed by atoms with Crippen LogP contribution in [0.1, 0.15) is 37.3 Å². The zero-order valence-electron chi connectivity index (χ0n) is 19.8. The molecule has 1 fully saturated rings. The summed E-state index contributed by atoms with van der Waals surface area (Å²) in [5, 5.41) is 9.62. The van der Waals surface area contributed by atoms with Crippen molar-refractivity contribution < 1.29 is 9.53 Å². The molecule has 2 aromatic carbocycles. The summed E-state index contributed by atoms with van der Waals surface area (Å²) in [6, 6.07) is 16.6. The summed E-state index contributed by atoms with van der Waals surface area (Å²) in [5.41, 5.74) is 3.52. The van der Waals surface area contributed by atoms with Crippen LogP contribution in [0.15, 0.2) is 53.5 Å². The molecule has 0 aliphatic carbocycles. The highest BCUT2D eigenvalue weighted by atomic mass is 127. The molecule has 2 aromatic rings. The van der Waals surface area contributed by atoms with Crippen molar-refractivity contribution in [3.63, 3.8) is 0 Å². The Hall–Kier alpha value is -2.49. The van der Waals surface area contributed by atoms with Crippen LogP contribution in [0.5, 0.6) is 5.75 Å². The lowest BCUT2D eigenvalue weighted by Crippen LogP contribution is -2.47. The van der Waals surface area contributed by atoms with Crippen molar-refractivity contribution in [2.45, 2.75) is 32.7 Å². The van der Waals surface area contributed by atoms with E-state index in [1.54, 1.807) is 7.11 Å². The first-order valence-electron chi connectivity index (χ1n) is 11.4. The largest absolute Gasteiger partial charge is 0.497 e. The van der Waals surface area contributed by atoms with Gasteiger partial charge in [-0.1, -0.05) is 31.2 Å². The molecule has 0 saturated carbocycles. The fourth-order valence-corrected chi connectivity index (χ4v) is 3.69. The Morgan fingerprint density at radius 1 is 1.15 bits per heavy atom. The summed E-state index contributed by atoms with van der Waals surface area (Å²) < 4.78 is 5.24. The van der Waals surface area contributed by atoms with E-state index >= 15 is 0 Å². The zero-order valence-corrected chi connectivity index (χ0v) is 22.1. The van der Waals surface area contributed by atoms with Crippen LogP contribution >= 0.6 is 24.0 Å². The lowest BCUT2D eigenvalue weighted by atomic mass is 9.98. The number of carbonyl (C=O) groups is 1. The predicted octanol–water partition coefficient (Wildman–Crippen LogP) is 3.50. The number of amides is 1. The Morgan fingerprint density at radius 3 is 2.52 bits per heavy atom. The number of methoxy groups -OCH3 is 1. The molecule has 1 aliphatic heterocycles. The van der Waals surface area contributed by atoms with Gasteiger partial charge in [-0.2, -0.15) is 0 Å². The van der Waals surface area contributed by atoms with Gasteiger partial charge in [0, 0.05) is 31.9 Å². The molecule has 1 saturated heterocycles. The highest BCUT2D eigenvalue weighted by Crippen LogP contribution is 2.21. The summed E-state index contributed by atoms with van der Waals surface area (Å²) in [6.07, 6.45) is 1.01. The van der Waals surface area contributed by atoms with Gasteiger partial charge in [-0.25, -0.2) is 4.99 Å². The number of halogens is 1. The summed E-state index contributed by atoms with van der Waals surface area (Å²) in [6.45, 7) is 8.52. The van der Waals surface area contributed by atoms with Crippen molar-refractivity contribution in [3.8, 4) is 5.75 Å². The van der Waals surface area contributed by atoms with Gasteiger partial charge in [-0.15, -0.1) is 24.0 Å². The topological polar surface area (TPSA) is 78.0 Å². The summed E-state index contributed by atoms with van der Waals surface area (Å²) >= 11 is 0. The molecule has 180 valence electrons. The molecule has 1 heterocycles. The minimum atomic E-state index is 0. The van der Waals surface area contributed by atoms with E-state index in [9.17, 15) is 4.79 Å². The average molecular weight is 566 g/mol. The monoisotopic (exact) mass is 565 g/mol. The number of benzene rings is 2. The quantitative estimate of drug-likeness (QED) is 0.247. The van der Waals surface area contributed by atoms with Crippen LogP contribution in [0, 0.1) is 0 Å². The van der Waals surface area contributed by atoms with Crippen molar-refractivity contribution in [2.75, 3.05) is 44.7 Å². The third-order valence-corrected chi connectivity index (χ3v) is 5.66. The molecule has 0 spiro atoms. The molecule has 1 atom stereocenters. The summed E-state index contributed by atoms with van der Waals surface area (Å²) in [4.78, 5) is 18.4. The van der Waals surface area contributed by atoms with Gasteiger partial charge in [0.05, 0.1) is 20.2 Å². The third-order valence-electron chi connectivity index (χ3n) is 5.66.